The van der Waals surface area contributed by atoms with Crippen molar-refractivity contribution in [3.8, 4) is 6.07 Å². The minimum Gasteiger partial charge on any atom is -0.462 e. The zero-order valence-corrected chi connectivity index (χ0v) is 12.6. The number of allylic oxidation sites excluding steroid dienone is 1. The van der Waals surface area contributed by atoms with Gasteiger partial charge in [-0.05, 0) is 43.3 Å². The Bertz CT molecular complexity index is 866. The largest absolute Gasteiger partial charge is 0.462 e. The van der Waals surface area contributed by atoms with Gasteiger partial charge in [0.1, 0.15) is 16.5 Å². The lowest BCUT2D eigenvalue weighted by Crippen LogP contribution is -2.07. The monoisotopic (exact) mass is 308 g/mol. The minimum absolute atomic E-state index is 0.296. The molecule has 0 saturated carbocycles. The third-order valence-corrected chi connectivity index (χ3v) is 4.25. The summed E-state index contributed by atoms with van der Waals surface area (Å²) in [6, 6.07) is 13.2. The summed E-state index contributed by atoms with van der Waals surface area (Å²) in [6.07, 6.45) is 2.95. The van der Waals surface area contributed by atoms with Crippen LogP contribution in [0.2, 0.25) is 0 Å². The van der Waals surface area contributed by atoms with Crippen LogP contribution in [-0.4, -0.2) is 10.8 Å². The highest BCUT2D eigenvalue weighted by Crippen LogP contribution is 2.28. The second kappa shape index (κ2) is 5.96. The number of carbonyl (C=O) groups is 1. The number of hydrogen-bond donors (Lipinski definition) is 0. The number of aryl methyl sites for hydroxylation is 1. The fourth-order valence-corrected chi connectivity index (χ4v) is 3.08. The fraction of sp³-hybridized carbons (Fsp3) is 0.118. The van der Waals surface area contributed by atoms with Crippen molar-refractivity contribution in [3.05, 3.63) is 59.0 Å². The van der Waals surface area contributed by atoms with Crippen molar-refractivity contribution in [2.24, 2.45) is 0 Å². The lowest BCUT2D eigenvalue weighted by molar-refractivity contribution is -0.114. The zero-order valence-electron chi connectivity index (χ0n) is 11.8. The molecular formula is C17H12N2O2S. The van der Waals surface area contributed by atoms with E-state index < -0.39 is 5.92 Å². The first-order chi connectivity index (χ1) is 10.7. The van der Waals surface area contributed by atoms with Gasteiger partial charge in [-0.2, -0.15) is 5.26 Å². The SMILES string of the molecule is Cc1ccc(/C=C\C(=O)[C@H](C#N)c2nc3ccccc3s2)o1. The topological polar surface area (TPSA) is 66.9 Å². The summed E-state index contributed by atoms with van der Waals surface area (Å²) in [4.78, 5) is 16.6. The Hall–Kier alpha value is -2.71. The molecule has 0 aliphatic rings. The van der Waals surface area contributed by atoms with Crippen LogP contribution in [0.3, 0.4) is 0 Å². The Morgan fingerprint density at radius 2 is 2.18 bits per heavy atom. The number of rotatable bonds is 4. The van der Waals surface area contributed by atoms with Crippen LogP contribution in [0.25, 0.3) is 16.3 Å². The molecule has 0 aliphatic heterocycles. The maximum absolute atomic E-state index is 12.2. The lowest BCUT2D eigenvalue weighted by Gasteiger charge is -1.99. The molecule has 3 rings (SSSR count). The van der Waals surface area contributed by atoms with E-state index in [2.05, 4.69) is 4.98 Å². The second-order valence-electron chi connectivity index (χ2n) is 4.77. The number of ketones is 1. The zero-order chi connectivity index (χ0) is 15.5. The van der Waals surface area contributed by atoms with Gasteiger partial charge in [0.25, 0.3) is 0 Å². The second-order valence-corrected chi connectivity index (χ2v) is 5.83. The molecule has 5 heteroatoms. The number of furan rings is 1. The summed E-state index contributed by atoms with van der Waals surface area (Å²) in [5.41, 5.74) is 0.807. The Morgan fingerprint density at radius 1 is 1.36 bits per heavy atom. The summed E-state index contributed by atoms with van der Waals surface area (Å²) in [5.74, 6) is 0.183. The predicted octanol–water partition coefficient (Wildman–Crippen LogP) is 4.09. The van der Waals surface area contributed by atoms with Crippen LogP contribution in [0.15, 0.2) is 46.9 Å². The van der Waals surface area contributed by atoms with E-state index in [-0.39, 0.29) is 5.78 Å². The molecule has 0 saturated heterocycles. The van der Waals surface area contributed by atoms with Crippen LogP contribution in [0.1, 0.15) is 22.4 Å². The summed E-state index contributed by atoms with van der Waals surface area (Å²) >= 11 is 1.37. The van der Waals surface area contributed by atoms with Crippen LogP contribution < -0.4 is 0 Å². The molecule has 1 atom stereocenters. The number of thiazole rings is 1. The van der Waals surface area contributed by atoms with E-state index in [1.807, 2.05) is 43.3 Å². The molecule has 108 valence electrons. The molecule has 3 aromatic rings. The van der Waals surface area contributed by atoms with E-state index in [0.29, 0.717) is 10.8 Å². The standard InChI is InChI=1S/C17H12N2O2S/c1-11-6-7-12(21-11)8-9-15(20)13(10-18)17-19-14-4-2-3-5-16(14)22-17/h2-9,13H,1H3/b9-8-/t13-/m0/s1. The van der Waals surface area contributed by atoms with Crippen LogP contribution >= 0.6 is 11.3 Å². The van der Waals surface area contributed by atoms with Crippen LogP contribution in [0.4, 0.5) is 0 Å². The van der Waals surface area contributed by atoms with Crippen molar-refractivity contribution < 1.29 is 9.21 Å². The smallest absolute Gasteiger partial charge is 0.179 e. The number of nitrogens with zero attached hydrogens (tertiary/aromatic N) is 2. The van der Waals surface area contributed by atoms with Crippen LogP contribution in [0, 0.1) is 18.3 Å². The molecule has 0 radical (unpaired) electrons. The van der Waals surface area contributed by atoms with Crippen molar-refractivity contribution in [1.29, 1.82) is 5.26 Å². The van der Waals surface area contributed by atoms with Gasteiger partial charge in [0, 0.05) is 0 Å². The Labute approximate surface area is 131 Å². The molecule has 4 nitrogen and oxygen atoms in total. The number of aromatic nitrogens is 1. The van der Waals surface area contributed by atoms with E-state index >= 15 is 0 Å². The molecule has 0 unspecified atom stereocenters. The first-order valence-corrected chi connectivity index (χ1v) is 7.52. The number of carbonyl (C=O) groups excluding carboxylic acids is 1. The molecule has 0 aliphatic carbocycles. The van der Waals surface area contributed by atoms with Crippen molar-refractivity contribution in [1.82, 2.24) is 4.98 Å². The molecule has 0 N–H and O–H groups in total. The summed E-state index contributed by atoms with van der Waals surface area (Å²) < 4.78 is 6.33. The first kappa shape index (κ1) is 14.2. The van der Waals surface area contributed by atoms with Crippen LogP contribution in [-0.2, 0) is 4.79 Å². The number of hydrogen-bond acceptors (Lipinski definition) is 5. The van der Waals surface area contributed by atoms with E-state index in [4.69, 9.17) is 4.42 Å². The van der Waals surface area contributed by atoms with Gasteiger partial charge in [0.05, 0.1) is 16.3 Å². The van der Waals surface area contributed by atoms with Gasteiger partial charge in [0.15, 0.2) is 11.7 Å². The van der Waals surface area contributed by atoms with E-state index in [1.54, 1.807) is 12.1 Å². The number of benzene rings is 1. The lowest BCUT2D eigenvalue weighted by atomic mass is 10.1. The normalized spacial score (nSPS) is 12.5. The third kappa shape index (κ3) is 2.83. The Balaban J connectivity index is 1.85. The van der Waals surface area contributed by atoms with Crippen molar-refractivity contribution in [3.63, 3.8) is 0 Å². The first-order valence-electron chi connectivity index (χ1n) is 6.71. The summed E-state index contributed by atoms with van der Waals surface area (Å²) in [7, 11) is 0. The Kier molecular flexibility index (Phi) is 3.86. The molecule has 1 aromatic carbocycles. The van der Waals surface area contributed by atoms with Gasteiger partial charge in [-0.1, -0.05) is 12.1 Å². The molecular weight excluding hydrogens is 296 g/mol. The molecule has 2 heterocycles. The number of fused-ring (bicyclic) bond motifs is 1. The quantitative estimate of drug-likeness (QED) is 0.681. The average Bonchev–Trinajstić information content (AvgIpc) is 3.11. The maximum atomic E-state index is 12.2. The van der Waals surface area contributed by atoms with Crippen LogP contribution in [0.5, 0.6) is 0 Å². The van der Waals surface area contributed by atoms with Gasteiger partial charge in [0.2, 0.25) is 0 Å². The fourth-order valence-electron chi connectivity index (χ4n) is 2.06. The molecule has 0 fully saturated rings. The summed E-state index contributed by atoms with van der Waals surface area (Å²) in [5, 5.41) is 9.84. The van der Waals surface area contributed by atoms with Gasteiger partial charge in [-0.25, -0.2) is 4.98 Å². The van der Waals surface area contributed by atoms with Gasteiger partial charge < -0.3 is 4.42 Å². The molecule has 22 heavy (non-hydrogen) atoms. The van der Waals surface area contributed by atoms with Crippen molar-refractivity contribution in [2.45, 2.75) is 12.8 Å². The number of para-hydroxylation sites is 1. The molecule has 2 aromatic heterocycles. The maximum Gasteiger partial charge on any atom is 0.179 e. The molecule has 0 amide bonds. The third-order valence-electron chi connectivity index (χ3n) is 3.14. The van der Waals surface area contributed by atoms with Crippen molar-refractivity contribution >= 4 is 33.4 Å². The van der Waals surface area contributed by atoms with Gasteiger partial charge in [-0.15, -0.1) is 11.3 Å². The highest BCUT2D eigenvalue weighted by molar-refractivity contribution is 7.18. The van der Waals surface area contributed by atoms with E-state index in [0.717, 1.165) is 16.0 Å². The highest BCUT2D eigenvalue weighted by atomic mass is 32.1. The highest BCUT2D eigenvalue weighted by Gasteiger charge is 2.22. The van der Waals surface area contributed by atoms with Crippen molar-refractivity contribution in [2.75, 3.05) is 0 Å². The van der Waals surface area contributed by atoms with E-state index in [1.165, 1.54) is 17.4 Å². The predicted molar refractivity (Wildman–Crippen MR) is 85.5 cm³/mol. The molecule has 0 bridgehead atoms. The number of nitriles is 1. The Morgan fingerprint density at radius 3 is 2.86 bits per heavy atom. The average molecular weight is 308 g/mol. The van der Waals surface area contributed by atoms with E-state index in [9.17, 15) is 10.1 Å². The van der Waals surface area contributed by atoms with Gasteiger partial charge >= 0.3 is 0 Å². The summed E-state index contributed by atoms with van der Waals surface area (Å²) in [6.45, 7) is 1.83. The molecule has 0 spiro atoms. The minimum atomic E-state index is -0.885. The van der Waals surface area contributed by atoms with Gasteiger partial charge in [-0.3, -0.25) is 4.79 Å².